The number of benzene rings is 2. The Kier molecular flexibility index (Phi) is 8.84. The fourth-order valence-corrected chi connectivity index (χ4v) is 2.56. The molecule has 3 atom stereocenters. The Morgan fingerprint density at radius 2 is 1.59 bits per heavy atom. The first-order chi connectivity index (χ1) is 13.9. The van der Waals surface area contributed by atoms with E-state index in [0.717, 1.165) is 11.1 Å². The lowest BCUT2D eigenvalue weighted by atomic mass is 10.0. The molecular formula is C23H26O6. The molecule has 6 heteroatoms. The van der Waals surface area contributed by atoms with Crippen LogP contribution < -0.4 is 0 Å². The Bertz CT molecular complexity index is 832. The second kappa shape index (κ2) is 11.3. The molecule has 1 aliphatic heterocycles. The SMILES string of the molecule is COC(=O)c1ccc(C#Cc2ccc(C)cc2)cc1.OCC1CC(O)C(O)CO1. The summed E-state index contributed by atoms with van der Waals surface area (Å²) in [7, 11) is 1.37. The normalized spacial score (nSPS) is 20.5. The van der Waals surface area contributed by atoms with Gasteiger partial charge in [0.15, 0.2) is 0 Å². The highest BCUT2D eigenvalue weighted by Crippen LogP contribution is 2.13. The van der Waals surface area contributed by atoms with Crippen molar-refractivity contribution >= 4 is 5.97 Å². The topological polar surface area (TPSA) is 96.2 Å². The summed E-state index contributed by atoms with van der Waals surface area (Å²) >= 11 is 0. The van der Waals surface area contributed by atoms with E-state index in [2.05, 4.69) is 16.6 Å². The van der Waals surface area contributed by atoms with Crippen molar-refractivity contribution in [1.29, 1.82) is 0 Å². The van der Waals surface area contributed by atoms with Crippen molar-refractivity contribution in [3.05, 3.63) is 70.8 Å². The average molecular weight is 398 g/mol. The van der Waals surface area contributed by atoms with E-state index in [-0.39, 0.29) is 25.3 Å². The first-order valence-corrected chi connectivity index (χ1v) is 9.28. The van der Waals surface area contributed by atoms with Crippen LogP contribution in [-0.2, 0) is 9.47 Å². The highest BCUT2D eigenvalue weighted by atomic mass is 16.5. The molecule has 0 aliphatic carbocycles. The number of aliphatic hydroxyl groups excluding tert-OH is 3. The summed E-state index contributed by atoms with van der Waals surface area (Å²) in [5.41, 5.74) is 3.59. The van der Waals surface area contributed by atoms with Gasteiger partial charge in [-0.15, -0.1) is 0 Å². The van der Waals surface area contributed by atoms with E-state index >= 15 is 0 Å². The maximum Gasteiger partial charge on any atom is 0.337 e. The summed E-state index contributed by atoms with van der Waals surface area (Å²) in [4.78, 5) is 11.3. The van der Waals surface area contributed by atoms with Gasteiger partial charge < -0.3 is 24.8 Å². The van der Waals surface area contributed by atoms with E-state index < -0.39 is 12.2 Å². The molecule has 0 aromatic heterocycles. The van der Waals surface area contributed by atoms with Gasteiger partial charge in [0.2, 0.25) is 0 Å². The van der Waals surface area contributed by atoms with Crippen molar-refractivity contribution in [1.82, 2.24) is 0 Å². The van der Waals surface area contributed by atoms with Crippen LogP contribution >= 0.6 is 0 Å². The lowest BCUT2D eigenvalue weighted by Crippen LogP contribution is -2.42. The number of hydrogen-bond donors (Lipinski definition) is 3. The first-order valence-electron chi connectivity index (χ1n) is 9.28. The zero-order chi connectivity index (χ0) is 21.2. The highest BCUT2D eigenvalue weighted by molar-refractivity contribution is 5.89. The maximum absolute atomic E-state index is 11.3. The Labute approximate surface area is 170 Å². The number of rotatable bonds is 2. The summed E-state index contributed by atoms with van der Waals surface area (Å²) in [5, 5.41) is 26.5. The molecule has 0 bridgehead atoms. The predicted molar refractivity (Wildman–Crippen MR) is 108 cm³/mol. The number of carbonyl (C=O) groups excluding carboxylic acids is 1. The molecule has 1 fully saturated rings. The van der Waals surface area contributed by atoms with Crippen LogP contribution in [0.5, 0.6) is 0 Å². The van der Waals surface area contributed by atoms with Crippen LogP contribution in [0.15, 0.2) is 48.5 Å². The van der Waals surface area contributed by atoms with Crippen LogP contribution in [0.2, 0.25) is 0 Å². The van der Waals surface area contributed by atoms with E-state index in [0.29, 0.717) is 12.0 Å². The largest absolute Gasteiger partial charge is 0.465 e. The van der Waals surface area contributed by atoms with Crippen LogP contribution in [-0.4, -0.2) is 59.9 Å². The third-order valence-electron chi connectivity index (χ3n) is 4.36. The molecular weight excluding hydrogens is 372 g/mol. The molecule has 1 saturated heterocycles. The molecule has 1 aliphatic rings. The summed E-state index contributed by atoms with van der Waals surface area (Å²) in [6.07, 6.45) is -1.52. The molecule has 2 aromatic rings. The lowest BCUT2D eigenvalue weighted by molar-refractivity contribution is -0.131. The zero-order valence-electron chi connectivity index (χ0n) is 16.5. The summed E-state index contributed by atoms with van der Waals surface area (Å²) in [5.74, 6) is 5.81. The van der Waals surface area contributed by atoms with Gasteiger partial charge >= 0.3 is 5.97 Å². The van der Waals surface area contributed by atoms with Gasteiger partial charge in [-0.3, -0.25) is 0 Å². The number of methoxy groups -OCH3 is 1. The van der Waals surface area contributed by atoms with Gasteiger partial charge in [0, 0.05) is 17.5 Å². The van der Waals surface area contributed by atoms with E-state index in [1.54, 1.807) is 12.1 Å². The van der Waals surface area contributed by atoms with Crippen LogP contribution in [0.4, 0.5) is 0 Å². The van der Waals surface area contributed by atoms with Gasteiger partial charge in [0.05, 0.1) is 38.1 Å². The molecule has 3 rings (SSSR count). The summed E-state index contributed by atoms with van der Waals surface area (Å²) in [6.45, 7) is 2.07. The number of carbonyl (C=O) groups is 1. The number of ether oxygens (including phenoxy) is 2. The molecule has 3 unspecified atom stereocenters. The first kappa shape index (κ1) is 22.6. The third-order valence-corrected chi connectivity index (χ3v) is 4.36. The summed E-state index contributed by atoms with van der Waals surface area (Å²) in [6, 6.07) is 15.1. The number of aryl methyl sites for hydroxylation is 1. The third kappa shape index (κ3) is 7.33. The smallest absolute Gasteiger partial charge is 0.337 e. The standard InChI is InChI=1S/C17H14O2.C6H12O4/c1-13-3-5-14(6-4-13)7-8-15-9-11-16(12-10-15)17(18)19-2;7-2-4-1-5(8)6(9)3-10-4/h3-6,9-12H,1-2H3;4-9H,1-3H2. The van der Waals surface area contributed by atoms with Gasteiger partial charge in [-0.1, -0.05) is 29.5 Å². The quantitative estimate of drug-likeness (QED) is 0.526. The second-order valence-corrected chi connectivity index (χ2v) is 6.69. The van der Waals surface area contributed by atoms with Gasteiger partial charge in [0.1, 0.15) is 6.10 Å². The molecule has 1 heterocycles. The molecule has 0 amide bonds. The second-order valence-electron chi connectivity index (χ2n) is 6.69. The molecule has 154 valence electrons. The van der Waals surface area contributed by atoms with Crippen LogP contribution in [0.25, 0.3) is 0 Å². The minimum atomic E-state index is -0.789. The number of esters is 1. The maximum atomic E-state index is 11.3. The minimum absolute atomic E-state index is 0.0935. The minimum Gasteiger partial charge on any atom is -0.465 e. The monoisotopic (exact) mass is 398 g/mol. The van der Waals surface area contributed by atoms with Crippen LogP contribution in [0.1, 0.15) is 33.5 Å². The zero-order valence-corrected chi connectivity index (χ0v) is 16.5. The molecule has 6 nitrogen and oxygen atoms in total. The molecule has 3 N–H and O–H groups in total. The summed E-state index contributed by atoms with van der Waals surface area (Å²) < 4.78 is 9.59. The molecule has 0 spiro atoms. The highest BCUT2D eigenvalue weighted by Gasteiger charge is 2.27. The van der Waals surface area contributed by atoms with Crippen LogP contribution in [0.3, 0.4) is 0 Å². The van der Waals surface area contributed by atoms with E-state index in [9.17, 15) is 4.79 Å². The fraction of sp³-hybridized carbons (Fsp3) is 0.348. The van der Waals surface area contributed by atoms with E-state index in [4.69, 9.17) is 20.1 Å². The fourth-order valence-electron chi connectivity index (χ4n) is 2.56. The molecule has 0 radical (unpaired) electrons. The molecule has 0 saturated carbocycles. The Morgan fingerprint density at radius 1 is 1.03 bits per heavy atom. The van der Waals surface area contributed by atoms with Crippen molar-refractivity contribution in [2.75, 3.05) is 20.3 Å². The Morgan fingerprint density at radius 3 is 2.07 bits per heavy atom. The van der Waals surface area contributed by atoms with Crippen LogP contribution in [0, 0.1) is 18.8 Å². The Balaban J connectivity index is 0.000000253. The van der Waals surface area contributed by atoms with Crippen molar-refractivity contribution < 1.29 is 29.6 Å². The van der Waals surface area contributed by atoms with Crippen molar-refractivity contribution in [2.24, 2.45) is 0 Å². The molecule has 2 aromatic carbocycles. The lowest BCUT2D eigenvalue weighted by Gasteiger charge is -2.29. The average Bonchev–Trinajstić information content (AvgIpc) is 2.75. The van der Waals surface area contributed by atoms with E-state index in [1.165, 1.54) is 12.7 Å². The number of hydrogen-bond acceptors (Lipinski definition) is 6. The predicted octanol–water partition coefficient (Wildman–Crippen LogP) is 1.67. The Hall–Kier alpha value is -2.69. The van der Waals surface area contributed by atoms with Gasteiger partial charge in [-0.25, -0.2) is 4.79 Å². The van der Waals surface area contributed by atoms with Gasteiger partial charge in [0.25, 0.3) is 0 Å². The van der Waals surface area contributed by atoms with E-state index in [1.807, 2.05) is 43.3 Å². The van der Waals surface area contributed by atoms with Gasteiger partial charge in [-0.2, -0.15) is 0 Å². The number of aliphatic hydroxyl groups is 3. The van der Waals surface area contributed by atoms with Crippen molar-refractivity contribution in [3.8, 4) is 11.8 Å². The molecule has 29 heavy (non-hydrogen) atoms. The van der Waals surface area contributed by atoms with Gasteiger partial charge in [-0.05, 0) is 43.3 Å². The van der Waals surface area contributed by atoms with Crippen molar-refractivity contribution in [3.63, 3.8) is 0 Å². The van der Waals surface area contributed by atoms with Crippen molar-refractivity contribution in [2.45, 2.75) is 31.7 Å².